The summed E-state index contributed by atoms with van der Waals surface area (Å²) in [6.07, 6.45) is 3.41. The van der Waals surface area contributed by atoms with Gasteiger partial charge < -0.3 is 5.32 Å². The van der Waals surface area contributed by atoms with Gasteiger partial charge in [-0.2, -0.15) is 0 Å². The van der Waals surface area contributed by atoms with Gasteiger partial charge in [-0.05, 0) is 49.7 Å². The Bertz CT molecular complexity index is 709. The molecule has 4 nitrogen and oxygen atoms in total. The van der Waals surface area contributed by atoms with Gasteiger partial charge in [0.15, 0.2) is 0 Å². The van der Waals surface area contributed by atoms with Gasteiger partial charge in [-0.1, -0.05) is 6.07 Å². The number of nitrogens with zero attached hydrogens (tertiary/aromatic N) is 2. The molecule has 1 aromatic heterocycles. The van der Waals surface area contributed by atoms with Crippen LogP contribution in [0.2, 0.25) is 0 Å². The Labute approximate surface area is 139 Å². The number of amides is 1. The van der Waals surface area contributed by atoms with Crippen LogP contribution in [-0.4, -0.2) is 28.4 Å². The molecular formula is C18H19F2N3O. The number of hydrogen-bond acceptors (Lipinski definition) is 3. The lowest BCUT2D eigenvalue weighted by atomic mass is 10.1. The minimum atomic E-state index is -0.520. The third-order valence-electron chi connectivity index (χ3n) is 4.22. The van der Waals surface area contributed by atoms with Gasteiger partial charge in [0.1, 0.15) is 11.6 Å². The molecule has 0 spiro atoms. The van der Waals surface area contributed by atoms with Crippen molar-refractivity contribution < 1.29 is 13.6 Å². The zero-order valence-corrected chi connectivity index (χ0v) is 13.2. The smallest absolute Gasteiger partial charge is 0.237 e. The van der Waals surface area contributed by atoms with Crippen molar-refractivity contribution in [1.29, 1.82) is 0 Å². The van der Waals surface area contributed by atoms with E-state index in [9.17, 15) is 13.6 Å². The van der Waals surface area contributed by atoms with E-state index in [1.165, 1.54) is 0 Å². The normalized spacial score (nSPS) is 17.8. The minimum Gasteiger partial charge on any atom is -0.351 e. The molecule has 1 amide bonds. The average molecular weight is 331 g/mol. The number of benzene rings is 1. The largest absolute Gasteiger partial charge is 0.351 e. The Kier molecular flexibility index (Phi) is 5.15. The molecule has 6 heteroatoms. The molecule has 1 fully saturated rings. The van der Waals surface area contributed by atoms with Crippen molar-refractivity contribution in [2.75, 3.05) is 6.54 Å². The molecule has 24 heavy (non-hydrogen) atoms. The van der Waals surface area contributed by atoms with Crippen molar-refractivity contribution in [2.24, 2.45) is 0 Å². The van der Waals surface area contributed by atoms with Crippen molar-refractivity contribution in [3.63, 3.8) is 0 Å². The Hall–Kier alpha value is -2.34. The number of carbonyl (C=O) groups excluding carboxylic acids is 1. The minimum absolute atomic E-state index is 0.0175. The summed E-state index contributed by atoms with van der Waals surface area (Å²) in [4.78, 5) is 18.8. The van der Waals surface area contributed by atoms with Gasteiger partial charge in [0.05, 0.1) is 11.7 Å². The van der Waals surface area contributed by atoms with E-state index in [0.29, 0.717) is 6.54 Å². The Morgan fingerprint density at radius 2 is 2.17 bits per heavy atom. The second kappa shape index (κ2) is 7.49. The molecule has 1 N–H and O–H groups in total. The summed E-state index contributed by atoms with van der Waals surface area (Å²) >= 11 is 0. The van der Waals surface area contributed by atoms with Gasteiger partial charge in [0.2, 0.25) is 5.91 Å². The van der Waals surface area contributed by atoms with Crippen LogP contribution in [0.4, 0.5) is 8.78 Å². The summed E-state index contributed by atoms with van der Waals surface area (Å²) in [6.45, 7) is 1.41. The van der Waals surface area contributed by atoms with Crippen LogP contribution in [0, 0.1) is 11.6 Å². The first kappa shape index (κ1) is 16.5. The van der Waals surface area contributed by atoms with Crippen molar-refractivity contribution in [3.05, 3.63) is 65.5 Å². The summed E-state index contributed by atoms with van der Waals surface area (Å²) in [6, 6.07) is 8.67. The average Bonchev–Trinajstić information content (AvgIpc) is 3.04. The molecule has 0 aliphatic carbocycles. The molecule has 0 bridgehead atoms. The van der Waals surface area contributed by atoms with Gasteiger partial charge in [0, 0.05) is 24.8 Å². The fourth-order valence-electron chi connectivity index (χ4n) is 2.99. The third kappa shape index (κ3) is 3.94. The first-order chi connectivity index (χ1) is 11.6. The van der Waals surface area contributed by atoms with Crippen LogP contribution in [0.5, 0.6) is 0 Å². The van der Waals surface area contributed by atoms with E-state index in [1.54, 1.807) is 6.20 Å². The van der Waals surface area contributed by atoms with Crippen LogP contribution in [0.1, 0.15) is 24.1 Å². The summed E-state index contributed by atoms with van der Waals surface area (Å²) in [5.74, 6) is -1.20. The Morgan fingerprint density at radius 3 is 2.96 bits per heavy atom. The van der Waals surface area contributed by atoms with E-state index in [-0.39, 0.29) is 24.1 Å². The monoisotopic (exact) mass is 331 g/mol. The van der Waals surface area contributed by atoms with Gasteiger partial charge in [-0.15, -0.1) is 0 Å². The van der Waals surface area contributed by atoms with Crippen molar-refractivity contribution >= 4 is 5.91 Å². The van der Waals surface area contributed by atoms with E-state index < -0.39 is 11.6 Å². The Balaban J connectivity index is 1.60. The van der Waals surface area contributed by atoms with Crippen molar-refractivity contribution in [2.45, 2.75) is 32.0 Å². The molecular weight excluding hydrogens is 312 g/mol. The highest BCUT2D eigenvalue weighted by molar-refractivity contribution is 5.82. The number of halogens is 2. The highest BCUT2D eigenvalue weighted by Gasteiger charge is 2.30. The molecule has 1 saturated heterocycles. The molecule has 1 aliphatic heterocycles. The van der Waals surface area contributed by atoms with Crippen LogP contribution in [0.25, 0.3) is 0 Å². The van der Waals surface area contributed by atoms with E-state index >= 15 is 0 Å². The number of rotatable bonds is 5. The van der Waals surface area contributed by atoms with Gasteiger partial charge in [-0.3, -0.25) is 14.7 Å². The number of carbonyl (C=O) groups is 1. The number of nitrogens with one attached hydrogen (secondary N) is 1. The molecule has 2 aromatic rings. The lowest BCUT2D eigenvalue weighted by Gasteiger charge is -2.23. The van der Waals surface area contributed by atoms with Gasteiger partial charge >= 0.3 is 0 Å². The molecule has 0 radical (unpaired) electrons. The van der Waals surface area contributed by atoms with E-state index in [1.807, 2.05) is 18.2 Å². The molecule has 1 aromatic carbocycles. The fraction of sp³-hybridized carbons (Fsp3) is 0.333. The van der Waals surface area contributed by atoms with Crippen LogP contribution >= 0.6 is 0 Å². The van der Waals surface area contributed by atoms with Crippen LogP contribution < -0.4 is 5.32 Å². The summed E-state index contributed by atoms with van der Waals surface area (Å²) in [5.41, 5.74) is 1.06. The maximum atomic E-state index is 13.6. The zero-order chi connectivity index (χ0) is 16.9. The molecule has 1 aliphatic rings. The molecule has 1 atom stereocenters. The quantitative estimate of drug-likeness (QED) is 0.916. The maximum Gasteiger partial charge on any atom is 0.237 e. The SMILES string of the molecule is O=C(NCc1cc(F)ccc1F)C1CCCN1Cc1ccccn1. The summed E-state index contributed by atoms with van der Waals surface area (Å²) in [5, 5.41) is 2.72. The second-order valence-corrected chi connectivity index (χ2v) is 5.90. The number of hydrogen-bond donors (Lipinski definition) is 1. The third-order valence-corrected chi connectivity index (χ3v) is 4.22. The standard InChI is InChI=1S/C18H19F2N3O/c19-14-6-7-16(20)13(10-14)11-22-18(24)17-5-3-9-23(17)12-15-4-1-2-8-21-15/h1-2,4,6-8,10,17H,3,5,9,11-12H2,(H,22,24). The molecule has 3 rings (SSSR count). The predicted molar refractivity (Wildman–Crippen MR) is 85.9 cm³/mol. The molecule has 1 unspecified atom stereocenters. The highest BCUT2D eigenvalue weighted by atomic mass is 19.1. The topological polar surface area (TPSA) is 45.2 Å². The van der Waals surface area contributed by atoms with Gasteiger partial charge in [-0.25, -0.2) is 8.78 Å². The summed E-state index contributed by atoms with van der Waals surface area (Å²) in [7, 11) is 0. The van der Waals surface area contributed by atoms with Crippen molar-refractivity contribution in [3.8, 4) is 0 Å². The zero-order valence-electron chi connectivity index (χ0n) is 13.2. The van der Waals surface area contributed by atoms with E-state index in [2.05, 4.69) is 15.2 Å². The number of pyridine rings is 1. The highest BCUT2D eigenvalue weighted by Crippen LogP contribution is 2.20. The first-order valence-electron chi connectivity index (χ1n) is 7.99. The molecule has 0 saturated carbocycles. The lowest BCUT2D eigenvalue weighted by molar-refractivity contribution is -0.125. The maximum absolute atomic E-state index is 13.6. The predicted octanol–water partition coefficient (Wildman–Crippen LogP) is 2.64. The Morgan fingerprint density at radius 1 is 1.29 bits per heavy atom. The molecule has 126 valence electrons. The van der Waals surface area contributed by atoms with E-state index in [0.717, 1.165) is 43.3 Å². The van der Waals surface area contributed by atoms with E-state index in [4.69, 9.17) is 0 Å². The van der Waals surface area contributed by atoms with Crippen LogP contribution in [0.3, 0.4) is 0 Å². The van der Waals surface area contributed by atoms with Gasteiger partial charge in [0.25, 0.3) is 0 Å². The van der Waals surface area contributed by atoms with Crippen LogP contribution in [-0.2, 0) is 17.9 Å². The second-order valence-electron chi connectivity index (χ2n) is 5.90. The fourth-order valence-corrected chi connectivity index (χ4v) is 2.99. The van der Waals surface area contributed by atoms with Crippen molar-refractivity contribution in [1.82, 2.24) is 15.2 Å². The first-order valence-corrected chi connectivity index (χ1v) is 7.99. The number of aromatic nitrogens is 1. The number of likely N-dealkylation sites (tertiary alicyclic amines) is 1. The molecule has 2 heterocycles. The van der Waals surface area contributed by atoms with Crippen LogP contribution in [0.15, 0.2) is 42.6 Å². The summed E-state index contributed by atoms with van der Waals surface area (Å²) < 4.78 is 26.8. The lowest BCUT2D eigenvalue weighted by Crippen LogP contribution is -2.42.